The van der Waals surface area contributed by atoms with E-state index in [1.165, 1.54) is 6.21 Å². The average molecular weight is 589 g/mol. The number of amides is 2. The maximum atomic E-state index is 12.3. The number of hydrogen-bond acceptors (Lipinski definition) is 7. The quantitative estimate of drug-likeness (QED) is 0.261. The number of anilines is 2. The van der Waals surface area contributed by atoms with Crippen LogP contribution in [0, 0.1) is 0 Å². The topological polar surface area (TPSA) is 126 Å². The van der Waals surface area contributed by atoms with Gasteiger partial charge in [0.1, 0.15) is 18.0 Å². The zero-order valence-corrected chi connectivity index (χ0v) is 22.5. The normalized spacial score (nSPS) is 11.1. The van der Waals surface area contributed by atoms with Gasteiger partial charge < -0.3 is 14.8 Å². The van der Waals surface area contributed by atoms with Gasteiger partial charge in [-0.3, -0.25) is 13.9 Å². The summed E-state index contributed by atoms with van der Waals surface area (Å²) in [5.41, 5.74) is 3.96. The summed E-state index contributed by atoms with van der Waals surface area (Å²) in [6, 6.07) is 20.2. The van der Waals surface area contributed by atoms with Gasteiger partial charge in [-0.1, -0.05) is 15.9 Å². The van der Waals surface area contributed by atoms with Crippen molar-refractivity contribution >= 4 is 55.4 Å². The van der Waals surface area contributed by atoms with Crippen molar-refractivity contribution in [3.05, 3.63) is 82.8 Å². The Hall–Kier alpha value is -3.90. The van der Waals surface area contributed by atoms with Crippen LogP contribution < -0.4 is 24.5 Å². The Kier molecular flexibility index (Phi) is 9.64. The van der Waals surface area contributed by atoms with Gasteiger partial charge >= 0.3 is 0 Å². The molecule has 0 fully saturated rings. The molecule has 3 aromatic carbocycles. The molecule has 0 aliphatic rings. The lowest BCUT2D eigenvalue weighted by molar-refractivity contribution is -0.119. The molecule has 0 spiro atoms. The number of carbonyl (C=O) groups is 2. The third-order valence-corrected chi connectivity index (χ3v) is 6.50. The van der Waals surface area contributed by atoms with Crippen molar-refractivity contribution in [2.45, 2.75) is 0 Å². The van der Waals surface area contributed by atoms with E-state index >= 15 is 0 Å². The second kappa shape index (κ2) is 12.9. The van der Waals surface area contributed by atoms with Crippen LogP contribution in [-0.4, -0.2) is 53.0 Å². The van der Waals surface area contributed by atoms with E-state index in [-0.39, 0.29) is 12.5 Å². The lowest BCUT2D eigenvalue weighted by Crippen LogP contribution is -2.38. The Labute approximate surface area is 223 Å². The second-order valence-corrected chi connectivity index (χ2v) is 10.5. The molecule has 194 valence electrons. The molecule has 0 bridgehead atoms. The molecule has 37 heavy (non-hydrogen) atoms. The van der Waals surface area contributed by atoms with Crippen LogP contribution in [0.25, 0.3) is 0 Å². The third-order valence-electron chi connectivity index (χ3n) is 4.83. The summed E-state index contributed by atoms with van der Waals surface area (Å²) in [6.07, 6.45) is 2.43. The maximum absolute atomic E-state index is 12.3. The van der Waals surface area contributed by atoms with E-state index in [9.17, 15) is 18.0 Å². The zero-order chi connectivity index (χ0) is 26.8. The van der Waals surface area contributed by atoms with Crippen molar-refractivity contribution in [2.75, 3.05) is 36.1 Å². The van der Waals surface area contributed by atoms with E-state index in [1.807, 2.05) is 0 Å². The monoisotopic (exact) mass is 588 g/mol. The van der Waals surface area contributed by atoms with Crippen LogP contribution in [0.5, 0.6) is 11.5 Å². The molecule has 0 atom stereocenters. The van der Waals surface area contributed by atoms with E-state index < -0.39 is 22.5 Å². The zero-order valence-electron chi connectivity index (χ0n) is 20.0. The molecule has 3 rings (SSSR count). The van der Waals surface area contributed by atoms with Crippen LogP contribution >= 0.6 is 15.9 Å². The Balaban J connectivity index is 1.48. The summed E-state index contributed by atoms with van der Waals surface area (Å²) < 4.78 is 36.6. The molecule has 0 heterocycles. The number of carbonyl (C=O) groups excluding carboxylic acids is 2. The van der Waals surface area contributed by atoms with Crippen LogP contribution in [0.3, 0.4) is 0 Å². The number of sulfonamides is 1. The molecule has 0 aromatic heterocycles. The minimum atomic E-state index is -3.68. The molecule has 0 aliphatic heterocycles. The fourth-order valence-corrected chi connectivity index (χ4v) is 4.14. The molecule has 0 unspecified atom stereocenters. The highest BCUT2D eigenvalue weighted by Crippen LogP contribution is 2.20. The third kappa shape index (κ3) is 8.92. The van der Waals surface area contributed by atoms with Crippen molar-refractivity contribution in [2.24, 2.45) is 5.10 Å². The van der Waals surface area contributed by atoms with Gasteiger partial charge in [0.05, 0.1) is 25.3 Å². The Bertz CT molecular complexity index is 1350. The Morgan fingerprint density at radius 3 is 2.16 bits per heavy atom. The molecular formula is C25H25BrN4O6S. The molecule has 0 saturated carbocycles. The predicted molar refractivity (Wildman–Crippen MR) is 146 cm³/mol. The first-order valence-electron chi connectivity index (χ1n) is 10.9. The predicted octanol–water partition coefficient (Wildman–Crippen LogP) is 3.39. The van der Waals surface area contributed by atoms with Crippen LogP contribution in [0.1, 0.15) is 5.56 Å². The molecule has 2 N–H and O–H groups in total. The van der Waals surface area contributed by atoms with Gasteiger partial charge in [0.25, 0.3) is 11.8 Å². The van der Waals surface area contributed by atoms with E-state index in [4.69, 9.17) is 9.47 Å². The number of methoxy groups -OCH3 is 1. The lowest BCUT2D eigenvalue weighted by atomic mass is 10.2. The van der Waals surface area contributed by atoms with Gasteiger partial charge in [-0.15, -0.1) is 0 Å². The first-order valence-corrected chi connectivity index (χ1v) is 13.5. The summed E-state index contributed by atoms with van der Waals surface area (Å²) in [6.45, 7) is -0.603. The number of benzene rings is 3. The summed E-state index contributed by atoms with van der Waals surface area (Å²) in [5, 5.41) is 6.60. The number of nitrogens with zero attached hydrogens (tertiary/aromatic N) is 2. The van der Waals surface area contributed by atoms with E-state index in [0.29, 0.717) is 28.4 Å². The Morgan fingerprint density at radius 2 is 1.57 bits per heavy atom. The molecule has 0 saturated heterocycles. The van der Waals surface area contributed by atoms with Gasteiger partial charge in [0.15, 0.2) is 6.61 Å². The average Bonchev–Trinajstić information content (AvgIpc) is 2.87. The molecule has 2 amide bonds. The lowest BCUT2D eigenvalue weighted by Gasteiger charge is -2.21. The van der Waals surface area contributed by atoms with Crippen LogP contribution in [0.4, 0.5) is 11.4 Å². The minimum absolute atomic E-state index is 0.176. The number of halogens is 1. The molecule has 12 heteroatoms. The fourth-order valence-electron chi connectivity index (χ4n) is 3.02. The second-order valence-electron chi connectivity index (χ2n) is 7.67. The molecular weight excluding hydrogens is 564 g/mol. The van der Waals surface area contributed by atoms with Crippen LogP contribution in [0.2, 0.25) is 0 Å². The van der Waals surface area contributed by atoms with Gasteiger partial charge in [-0.25, -0.2) is 13.8 Å². The van der Waals surface area contributed by atoms with E-state index in [2.05, 4.69) is 31.8 Å². The summed E-state index contributed by atoms with van der Waals surface area (Å²) >= 11 is 3.29. The largest absolute Gasteiger partial charge is 0.497 e. The van der Waals surface area contributed by atoms with Crippen molar-refractivity contribution in [3.8, 4) is 11.5 Å². The molecule has 3 aromatic rings. The van der Waals surface area contributed by atoms with E-state index in [0.717, 1.165) is 15.0 Å². The number of ether oxygens (including phenoxy) is 2. The highest BCUT2D eigenvalue weighted by Gasteiger charge is 2.20. The highest BCUT2D eigenvalue weighted by molar-refractivity contribution is 9.10. The van der Waals surface area contributed by atoms with Crippen molar-refractivity contribution < 1.29 is 27.5 Å². The van der Waals surface area contributed by atoms with E-state index in [1.54, 1.807) is 79.9 Å². The number of hydrogen-bond donors (Lipinski definition) is 2. The summed E-state index contributed by atoms with van der Waals surface area (Å²) in [5.74, 6) is 0.246. The van der Waals surface area contributed by atoms with Crippen molar-refractivity contribution in [1.82, 2.24) is 5.43 Å². The van der Waals surface area contributed by atoms with Gasteiger partial charge in [-0.05, 0) is 78.4 Å². The molecule has 10 nitrogen and oxygen atoms in total. The smallest absolute Gasteiger partial charge is 0.262 e. The Morgan fingerprint density at radius 1 is 0.946 bits per heavy atom. The van der Waals surface area contributed by atoms with Gasteiger partial charge in [-0.2, -0.15) is 5.10 Å². The molecule has 0 radical (unpaired) electrons. The first kappa shape index (κ1) is 27.7. The summed E-state index contributed by atoms with van der Waals surface area (Å²) in [4.78, 5) is 24.4. The van der Waals surface area contributed by atoms with Crippen molar-refractivity contribution in [1.29, 1.82) is 0 Å². The minimum Gasteiger partial charge on any atom is -0.497 e. The fraction of sp³-hybridized carbons (Fsp3) is 0.160. The van der Waals surface area contributed by atoms with Crippen LogP contribution in [0.15, 0.2) is 82.4 Å². The van der Waals surface area contributed by atoms with Crippen molar-refractivity contribution in [3.63, 3.8) is 0 Å². The van der Waals surface area contributed by atoms with Gasteiger partial charge in [0, 0.05) is 10.2 Å². The number of nitrogens with one attached hydrogen (secondary N) is 2. The van der Waals surface area contributed by atoms with Crippen LogP contribution in [-0.2, 0) is 19.6 Å². The maximum Gasteiger partial charge on any atom is 0.262 e. The standard InChI is InChI=1S/C25H25BrN4O6S/c1-35-22-13-7-20(8-14-22)28-25(32)17-36-23-11-3-18(4-12-23)15-27-29-24(31)16-30(37(2,33)34)21-9-5-19(26)6-10-21/h3-15H,16-17H2,1-2H3,(H,28,32)(H,29,31)/b27-15-. The number of hydrazone groups is 1. The number of rotatable bonds is 11. The molecule has 0 aliphatic carbocycles. The first-order chi connectivity index (χ1) is 17.6. The highest BCUT2D eigenvalue weighted by atomic mass is 79.9. The SMILES string of the molecule is COc1ccc(NC(=O)COc2ccc(/C=N\NC(=O)CN(c3ccc(Br)cc3)S(C)(=O)=O)cc2)cc1. The van der Waals surface area contributed by atoms with Gasteiger partial charge in [0.2, 0.25) is 10.0 Å². The summed E-state index contributed by atoms with van der Waals surface area (Å²) in [7, 11) is -2.12.